The van der Waals surface area contributed by atoms with E-state index in [1.54, 1.807) is 0 Å². The van der Waals surface area contributed by atoms with E-state index in [9.17, 15) is 5.11 Å². The number of hydrogen-bond acceptors (Lipinski definition) is 2. The normalized spacial score (nSPS) is 14.1. The second kappa shape index (κ2) is 6.89. The first kappa shape index (κ1) is 15.4. The molecule has 1 aromatic rings. The topological polar surface area (TPSA) is 46.2 Å². The van der Waals surface area contributed by atoms with Gasteiger partial charge in [0, 0.05) is 0 Å². The highest BCUT2D eigenvalue weighted by Gasteiger charge is 2.16. The van der Waals surface area contributed by atoms with E-state index in [4.69, 9.17) is 5.73 Å². The molecular formula is C13H22ClNO. The molecule has 16 heavy (non-hydrogen) atoms. The number of halogens is 1. The number of nitrogens with two attached hydrogens (primary N) is 1. The smallest absolute Gasteiger partial charge is 0.0732 e. The third kappa shape index (κ3) is 4.12. The fraction of sp³-hybridized carbons (Fsp3) is 0.538. The number of hydrogen-bond donors (Lipinski definition) is 2. The predicted molar refractivity (Wildman–Crippen MR) is 71.0 cm³/mol. The predicted octanol–water partition coefficient (Wildman–Crippen LogP) is 2.89. The summed E-state index contributed by atoms with van der Waals surface area (Å²) >= 11 is 0. The zero-order valence-corrected chi connectivity index (χ0v) is 11.1. The van der Waals surface area contributed by atoms with Gasteiger partial charge in [-0.05, 0) is 25.8 Å². The molecule has 0 radical (unpaired) electrons. The molecule has 3 N–H and O–H groups in total. The number of aryl methyl sites for hydroxylation is 2. The van der Waals surface area contributed by atoms with Crippen molar-refractivity contribution in [3.63, 3.8) is 0 Å². The van der Waals surface area contributed by atoms with Gasteiger partial charge in [0.25, 0.3) is 0 Å². The summed E-state index contributed by atoms with van der Waals surface area (Å²) in [6.45, 7) is 6.16. The highest BCUT2D eigenvalue weighted by Crippen LogP contribution is 2.20. The van der Waals surface area contributed by atoms with Crippen molar-refractivity contribution in [2.24, 2.45) is 5.73 Å². The van der Waals surface area contributed by atoms with E-state index in [1.165, 1.54) is 11.1 Å². The van der Waals surface area contributed by atoms with Crippen LogP contribution in [0, 0.1) is 13.8 Å². The van der Waals surface area contributed by atoms with Gasteiger partial charge in [0.2, 0.25) is 0 Å². The van der Waals surface area contributed by atoms with Crippen molar-refractivity contribution in [2.45, 2.75) is 45.8 Å². The van der Waals surface area contributed by atoms with Gasteiger partial charge in [-0.1, -0.05) is 42.7 Å². The van der Waals surface area contributed by atoms with E-state index in [-0.39, 0.29) is 18.4 Å². The van der Waals surface area contributed by atoms with Gasteiger partial charge in [-0.3, -0.25) is 0 Å². The number of rotatable bonds is 4. The summed E-state index contributed by atoms with van der Waals surface area (Å²) in [6.07, 6.45) is 1.28. The van der Waals surface area contributed by atoms with Crippen LogP contribution in [0.15, 0.2) is 18.2 Å². The summed E-state index contributed by atoms with van der Waals surface area (Å²) in [4.78, 5) is 0. The van der Waals surface area contributed by atoms with E-state index in [0.29, 0.717) is 0 Å². The quantitative estimate of drug-likeness (QED) is 0.854. The van der Waals surface area contributed by atoms with Crippen LogP contribution in [0.25, 0.3) is 0 Å². The molecule has 3 heteroatoms. The molecule has 0 spiro atoms. The molecule has 0 heterocycles. The highest BCUT2D eigenvalue weighted by atomic mass is 35.5. The number of aliphatic hydroxyl groups excluding tert-OH is 1. The second-order valence-electron chi connectivity index (χ2n) is 4.30. The van der Waals surface area contributed by atoms with E-state index < -0.39 is 6.10 Å². The molecular weight excluding hydrogens is 222 g/mol. The van der Waals surface area contributed by atoms with Crippen LogP contribution >= 0.6 is 12.4 Å². The van der Waals surface area contributed by atoms with Crippen molar-refractivity contribution in [2.75, 3.05) is 0 Å². The van der Waals surface area contributed by atoms with Crippen LogP contribution in [0.2, 0.25) is 0 Å². The van der Waals surface area contributed by atoms with Crippen molar-refractivity contribution in [3.8, 4) is 0 Å². The molecule has 0 saturated carbocycles. The van der Waals surface area contributed by atoms with Gasteiger partial charge in [-0.2, -0.15) is 0 Å². The van der Waals surface area contributed by atoms with Gasteiger partial charge in [0.1, 0.15) is 0 Å². The monoisotopic (exact) mass is 243 g/mol. The standard InChI is InChI=1S/C13H21NO.ClH/c1-4-5-12(15)13(14)11-7-9(2)6-10(3)8-11;/h6-8,12-13,15H,4-5,14H2,1-3H3;1H/t12-,13+;/m0./s1. The molecule has 0 unspecified atom stereocenters. The average molecular weight is 244 g/mol. The van der Waals surface area contributed by atoms with E-state index in [0.717, 1.165) is 18.4 Å². The van der Waals surface area contributed by atoms with Crippen LogP contribution < -0.4 is 5.73 Å². The largest absolute Gasteiger partial charge is 0.391 e. The summed E-state index contributed by atoms with van der Waals surface area (Å²) in [5.41, 5.74) is 9.44. The molecule has 0 fully saturated rings. The van der Waals surface area contributed by atoms with E-state index in [1.807, 2.05) is 0 Å². The third-order valence-electron chi connectivity index (χ3n) is 2.63. The first-order valence-electron chi connectivity index (χ1n) is 5.56. The van der Waals surface area contributed by atoms with E-state index >= 15 is 0 Å². The Balaban J connectivity index is 0.00000225. The van der Waals surface area contributed by atoms with Gasteiger partial charge in [0.05, 0.1) is 12.1 Å². The van der Waals surface area contributed by atoms with Crippen LogP contribution in [0.4, 0.5) is 0 Å². The zero-order chi connectivity index (χ0) is 11.4. The molecule has 0 saturated heterocycles. The van der Waals surface area contributed by atoms with Gasteiger partial charge in [0.15, 0.2) is 0 Å². The van der Waals surface area contributed by atoms with Crippen LogP contribution in [-0.4, -0.2) is 11.2 Å². The van der Waals surface area contributed by atoms with Gasteiger partial charge in [-0.25, -0.2) is 0 Å². The van der Waals surface area contributed by atoms with Crippen molar-refractivity contribution < 1.29 is 5.11 Å². The zero-order valence-electron chi connectivity index (χ0n) is 10.2. The molecule has 2 atom stereocenters. The molecule has 1 rings (SSSR count). The van der Waals surface area contributed by atoms with Crippen LogP contribution in [0.3, 0.4) is 0 Å². The van der Waals surface area contributed by atoms with Crippen molar-refractivity contribution in [3.05, 3.63) is 34.9 Å². The summed E-state index contributed by atoms with van der Waals surface area (Å²) in [5, 5.41) is 9.83. The highest BCUT2D eigenvalue weighted by molar-refractivity contribution is 5.85. The minimum absolute atomic E-state index is 0. The molecule has 0 aliphatic carbocycles. The fourth-order valence-corrected chi connectivity index (χ4v) is 1.90. The molecule has 1 aromatic carbocycles. The van der Waals surface area contributed by atoms with E-state index in [2.05, 4.69) is 39.0 Å². The molecule has 0 aromatic heterocycles. The number of benzene rings is 1. The van der Waals surface area contributed by atoms with Crippen LogP contribution in [0.5, 0.6) is 0 Å². The first-order chi connectivity index (χ1) is 7.04. The summed E-state index contributed by atoms with van der Waals surface area (Å²) in [5.74, 6) is 0. The minimum Gasteiger partial charge on any atom is -0.391 e. The average Bonchev–Trinajstić information content (AvgIpc) is 2.15. The first-order valence-corrected chi connectivity index (χ1v) is 5.56. The molecule has 0 bridgehead atoms. The van der Waals surface area contributed by atoms with Crippen molar-refractivity contribution in [1.82, 2.24) is 0 Å². The molecule has 0 aliphatic rings. The maximum Gasteiger partial charge on any atom is 0.0732 e. The Kier molecular flexibility index (Phi) is 6.65. The van der Waals surface area contributed by atoms with Gasteiger partial charge >= 0.3 is 0 Å². The Morgan fingerprint density at radius 3 is 2.12 bits per heavy atom. The lowest BCUT2D eigenvalue weighted by molar-refractivity contribution is 0.134. The Bertz CT molecular complexity index is 307. The van der Waals surface area contributed by atoms with Gasteiger partial charge in [-0.15, -0.1) is 12.4 Å². The van der Waals surface area contributed by atoms with Crippen molar-refractivity contribution >= 4 is 12.4 Å². The second-order valence-corrected chi connectivity index (χ2v) is 4.30. The molecule has 0 aliphatic heterocycles. The summed E-state index contributed by atoms with van der Waals surface area (Å²) < 4.78 is 0. The van der Waals surface area contributed by atoms with Crippen LogP contribution in [0.1, 0.15) is 42.5 Å². The maximum absolute atomic E-state index is 9.83. The lowest BCUT2D eigenvalue weighted by Gasteiger charge is -2.19. The minimum atomic E-state index is -0.434. The summed E-state index contributed by atoms with van der Waals surface area (Å²) in [6, 6.07) is 5.96. The van der Waals surface area contributed by atoms with Crippen LogP contribution in [-0.2, 0) is 0 Å². The molecule has 0 amide bonds. The molecule has 92 valence electrons. The SMILES string of the molecule is CCC[C@H](O)[C@H](N)c1cc(C)cc(C)c1.Cl. The fourth-order valence-electron chi connectivity index (χ4n) is 1.90. The molecule has 2 nitrogen and oxygen atoms in total. The lowest BCUT2D eigenvalue weighted by atomic mass is 9.96. The lowest BCUT2D eigenvalue weighted by Crippen LogP contribution is -2.26. The Morgan fingerprint density at radius 1 is 1.19 bits per heavy atom. The Hall–Kier alpha value is -0.570. The van der Waals surface area contributed by atoms with Gasteiger partial charge < -0.3 is 10.8 Å². The summed E-state index contributed by atoms with van der Waals surface area (Å²) in [7, 11) is 0. The van der Waals surface area contributed by atoms with Crippen molar-refractivity contribution in [1.29, 1.82) is 0 Å². The Morgan fingerprint density at radius 2 is 1.69 bits per heavy atom. The number of aliphatic hydroxyl groups is 1. The third-order valence-corrected chi connectivity index (χ3v) is 2.63. The maximum atomic E-state index is 9.83. The Labute approximate surface area is 104 Å².